The molecule has 0 aromatic rings. The van der Waals surface area contributed by atoms with Crippen molar-refractivity contribution in [3.8, 4) is 6.07 Å². The second-order valence-electron chi connectivity index (χ2n) is 5.90. The highest BCUT2D eigenvalue weighted by Crippen LogP contribution is 2.48. The summed E-state index contributed by atoms with van der Waals surface area (Å²) in [7, 11) is 0. The molecule has 0 aromatic carbocycles. The van der Waals surface area contributed by atoms with E-state index >= 15 is 0 Å². The van der Waals surface area contributed by atoms with Gasteiger partial charge in [-0.15, -0.1) is 0 Å². The first kappa shape index (κ1) is 11.9. The first-order valence-corrected chi connectivity index (χ1v) is 6.86. The molecule has 0 bridgehead atoms. The van der Waals surface area contributed by atoms with E-state index in [1.165, 1.54) is 44.9 Å². The smallest absolute Gasteiger partial charge is 0.0628 e. The molecule has 0 saturated heterocycles. The molecular weight excluding hydrogens is 196 g/mol. The van der Waals surface area contributed by atoms with Gasteiger partial charge < -0.3 is 5.32 Å². The largest absolute Gasteiger partial charge is 0.313 e. The van der Waals surface area contributed by atoms with E-state index in [0.29, 0.717) is 11.5 Å². The molecule has 2 rings (SSSR count). The Morgan fingerprint density at radius 3 is 2.56 bits per heavy atom. The number of nitrogens with one attached hydrogen (secondary N) is 1. The number of hydrogen-bond acceptors (Lipinski definition) is 2. The topological polar surface area (TPSA) is 35.8 Å². The van der Waals surface area contributed by atoms with Crippen LogP contribution in [0.4, 0.5) is 0 Å². The predicted molar refractivity (Wildman–Crippen MR) is 65.9 cm³/mol. The van der Waals surface area contributed by atoms with Crippen molar-refractivity contribution in [2.45, 2.75) is 64.3 Å². The van der Waals surface area contributed by atoms with Crippen molar-refractivity contribution in [1.29, 1.82) is 5.26 Å². The summed E-state index contributed by atoms with van der Waals surface area (Å²) in [5.41, 5.74) is 0.359. The van der Waals surface area contributed by atoms with Gasteiger partial charge in [0.15, 0.2) is 0 Å². The average Bonchev–Trinajstić information content (AvgIpc) is 3.08. The van der Waals surface area contributed by atoms with Crippen LogP contribution in [0.5, 0.6) is 0 Å². The number of hydrogen-bond donors (Lipinski definition) is 1. The van der Waals surface area contributed by atoms with E-state index < -0.39 is 0 Å². The van der Waals surface area contributed by atoms with Crippen molar-refractivity contribution >= 4 is 0 Å². The van der Waals surface area contributed by atoms with Crippen LogP contribution in [0.25, 0.3) is 0 Å². The normalized spacial score (nSPS) is 26.0. The molecular formula is C14H24N2. The van der Waals surface area contributed by atoms with E-state index in [1.807, 2.05) is 0 Å². The van der Waals surface area contributed by atoms with Crippen molar-refractivity contribution in [3.05, 3.63) is 0 Å². The molecule has 0 aromatic heterocycles. The number of nitrogens with zero attached hydrogens (tertiary/aromatic N) is 1. The summed E-state index contributed by atoms with van der Waals surface area (Å²) in [6, 6.07) is 2.98. The van der Waals surface area contributed by atoms with Gasteiger partial charge in [0.05, 0.1) is 6.07 Å². The number of rotatable bonds is 5. The summed E-state index contributed by atoms with van der Waals surface area (Å²) in [5.74, 6) is 0.881. The summed E-state index contributed by atoms with van der Waals surface area (Å²) in [6.45, 7) is 3.40. The molecule has 2 heteroatoms. The van der Waals surface area contributed by atoms with Gasteiger partial charge in [0.2, 0.25) is 0 Å². The zero-order valence-corrected chi connectivity index (χ0v) is 10.5. The fourth-order valence-corrected chi connectivity index (χ4v) is 2.94. The van der Waals surface area contributed by atoms with Crippen LogP contribution >= 0.6 is 0 Å². The summed E-state index contributed by atoms with van der Waals surface area (Å²) in [4.78, 5) is 0. The fraction of sp³-hybridized carbons (Fsp3) is 0.929. The summed E-state index contributed by atoms with van der Waals surface area (Å²) < 4.78 is 0. The minimum absolute atomic E-state index is 0.359. The van der Waals surface area contributed by atoms with Crippen molar-refractivity contribution < 1.29 is 0 Å². The molecule has 0 spiro atoms. The van der Waals surface area contributed by atoms with Gasteiger partial charge in [0.25, 0.3) is 0 Å². The molecule has 2 nitrogen and oxygen atoms in total. The monoisotopic (exact) mass is 220 g/mol. The molecule has 1 unspecified atom stereocenters. The SMILES string of the molecule is CC(NCC1(CC#N)CC1)C1CCCCC1. The minimum Gasteiger partial charge on any atom is -0.313 e. The molecule has 2 aliphatic carbocycles. The first-order valence-electron chi connectivity index (χ1n) is 6.86. The predicted octanol–water partition coefficient (Wildman–Crippen LogP) is 3.24. The maximum Gasteiger partial charge on any atom is 0.0628 e. The third kappa shape index (κ3) is 2.98. The lowest BCUT2D eigenvalue weighted by atomic mass is 9.84. The fourth-order valence-electron chi connectivity index (χ4n) is 2.94. The molecule has 1 atom stereocenters. The van der Waals surface area contributed by atoms with E-state index in [-0.39, 0.29) is 0 Å². The zero-order chi connectivity index (χ0) is 11.4. The van der Waals surface area contributed by atoms with E-state index in [4.69, 9.17) is 5.26 Å². The standard InChI is InChI=1S/C14H24N2/c1-12(13-5-3-2-4-6-13)16-11-14(7-8-14)9-10-15/h12-13,16H,2-9,11H2,1H3. The van der Waals surface area contributed by atoms with Gasteiger partial charge in [-0.2, -0.15) is 5.26 Å². The lowest BCUT2D eigenvalue weighted by molar-refractivity contribution is 0.269. The van der Waals surface area contributed by atoms with Crippen LogP contribution in [-0.4, -0.2) is 12.6 Å². The molecule has 2 saturated carbocycles. The summed E-state index contributed by atoms with van der Waals surface area (Å²) >= 11 is 0. The highest BCUT2D eigenvalue weighted by Gasteiger charge is 2.42. The third-order valence-corrected chi connectivity index (χ3v) is 4.57. The molecule has 90 valence electrons. The number of nitriles is 1. The molecule has 1 N–H and O–H groups in total. The Hall–Kier alpha value is -0.550. The minimum atomic E-state index is 0.359. The molecule has 16 heavy (non-hydrogen) atoms. The second-order valence-corrected chi connectivity index (χ2v) is 5.90. The average molecular weight is 220 g/mol. The molecule has 2 fully saturated rings. The Balaban J connectivity index is 1.71. The van der Waals surface area contributed by atoms with E-state index in [9.17, 15) is 0 Å². The van der Waals surface area contributed by atoms with E-state index in [1.54, 1.807) is 0 Å². The molecule has 0 aliphatic heterocycles. The Labute approximate surface area is 99.4 Å². The maximum atomic E-state index is 8.78. The van der Waals surface area contributed by atoms with Crippen LogP contribution in [0.2, 0.25) is 0 Å². The summed E-state index contributed by atoms with van der Waals surface area (Å²) in [6.07, 6.45) is 10.3. The van der Waals surface area contributed by atoms with Crippen molar-refractivity contribution in [1.82, 2.24) is 5.32 Å². The van der Waals surface area contributed by atoms with Crippen LogP contribution in [0.1, 0.15) is 58.3 Å². The van der Waals surface area contributed by atoms with Crippen LogP contribution < -0.4 is 5.32 Å². The molecule has 0 amide bonds. The van der Waals surface area contributed by atoms with Gasteiger partial charge in [0, 0.05) is 19.0 Å². The zero-order valence-electron chi connectivity index (χ0n) is 10.5. The van der Waals surface area contributed by atoms with Crippen LogP contribution in [0.15, 0.2) is 0 Å². The lowest BCUT2D eigenvalue weighted by Gasteiger charge is -2.29. The van der Waals surface area contributed by atoms with Crippen molar-refractivity contribution in [3.63, 3.8) is 0 Å². The molecule has 0 heterocycles. The first-order chi connectivity index (χ1) is 7.76. The van der Waals surface area contributed by atoms with Crippen LogP contribution in [0, 0.1) is 22.7 Å². The second kappa shape index (κ2) is 5.19. The Morgan fingerprint density at radius 2 is 2.00 bits per heavy atom. The van der Waals surface area contributed by atoms with Gasteiger partial charge in [0.1, 0.15) is 0 Å². The van der Waals surface area contributed by atoms with Crippen molar-refractivity contribution in [2.24, 2.45) is 11.3 Å². The van der Waals surface area contributed by atoms with Gasteiger partial charge in [-0.1, -0.05) is 19.3 Å². The van der Waals surface area contributed by atoms with E-state index in [2.05, 4.69) is 18.3 Å². The van der Waals surface area contributed by atoms with Gasteiger partial charge in [-0.3, -0.25) is 0 Å². The Bertz CT molecular complexity index is 256. The summed E-state index contributed by atoms with van der Waals surface area (Å²) in [5, 5.41) is 12.5. The highest BCUT2D eigenvalue weighted by atomic mass is 14.9. The van der Waals surface area contributed by atoms with Crippen LogP contribution in [0.3, 0.4) is 0 Å². The van der Waals surface area contributed by atoms with Gasteiger partial charge in [-0.25, -0.2) is 0 Å². The quantitative estimate of drug-likeness (QED) is 0.772. The van der Waals surface area contributed by atoms with Gasteiger partial charge in [-0.05, 0) is 43.9 Å². The lowest BCUT2D eigenvalue weighted by Crippen LogP contribution is -2.38. The highest BCUT2D eigenvalue weighted by molar-refractivity contribution is 5.01. The molecule has 2 aliphatic rings. The van der Waals surface area contributed by atoms with E-state index in [0.717, 1.165) is 18.9 Å². The van der Waals surface area contributed by atoms with Crippen molar-refractivity contribution in [2.75, 3.05) is 6.54 Å². The van der Waals surface area contributed by atoms with Crippen LogP contribution in [-0.2, 0) is 0 Å². The molecule has 0 radical (unpaired) electrons. The Morgan fingerprint density at radius 1 is 1.31 bits per heavy atom. The maximum absolute atomic E-state index is 8.78. The third-order valence-electron chi connectivity index (χ3n) is 4.57. The van der Waals surface area contributed by atoms with Gasteiger partial charge >= 0.3 is 0 Å². The Kier molecular flexibility index (Phi) is 3.86.